The van der Waals surface area contributed by atoms with E-state index in [-0.39, 0.29) is 47.2 Å². The maximum atomic E-state index is 13.8. The van der Waals surface area contributed by atoms with Gasteiger partial charge in [-0.1, -0.05) is 66.4 Å². The molecular weight excluding hydrogens is 631 g/mol. The zero-order valence-corrected chi connectivity index (χ0v) is 27.4. The van der Waals surface area contributed by atoms with Gasteiger partial charge in [0.2, 0.25) is 17.7 Å². The van der Waals surface area contributed by atoms with E-state index in [1.165, 1.54) is 43.9 Å². The summed E-state index contributed by atoms with van der Waals surface area (Å²) in [6, 6.07) is 11.9. The van der Waals surface area contributed by atoms with E-state index in [2.05, 4.69) is 16.0 Å². The van der Waals surface area contributed by atoms with Crippen molar-refractivity contribution in [3.8, 4) is 0 Å². The number of carboxylic acids is 1. The fourth-order valence-electron chi connectivity index (χ4n) is 6.41. The van der Waals surface area contributed by atoms with Crippen molar-refractivity contribution in [2.24, 2.45) is 5.41 Å². The Bertz CT molecular complexity index is 1370. The van der Waals surface area contributed by atoms with Gasteiger partial charge in [0.15, 0.2) is 0 Å². The van der Waals surface area contributed by atoms with Crippen LogP contribution >= 0.6 is 23.2 Å². The van der Waals surface area contributed by atoms with Crippen molar-refractivity contribution in [3.05, 3.63) is 69.7 Å². The van der Waals surface area contributed by atoms with Gasteiger partial charge in [-0.25, -0.2) is 0 Å². The lowest BCUT2D eigenvalue weighted by molar-refractivity contribution is -0.138. The Morgan fingerprint density at radius 1 is 0.826 bits per heavy atom. The molecule has 46 heavy (non-hydrogen) atoms. The number of nitrogens with zero attached hydrogens (tertiary/aromatic N) is 1. The van der Waals surface area contributed by atoms with Gasteiger partial charge in [-0.2, -0.15) is 0 Å². The fraction of sp³-hybridized carbons (Fsp3) is 0.500. The van der Waals surface area contributed by atoms with Gasteiger partial charge in [-0.15, -0.1) is 0 Å². The smallest absolute Gasteiger partial charge is 0.303 e. The predicted molar refractivity (Wildman–Crippen MR) is 176 cm³/mol. The van der Waals surface area contributed by atoms with E-state index in [9.17, 15) is 29.1 Å². The molecule has 1 aliphatic carbocycles. The van der Waals surface area contributed by atoms with E-state index in [0.717, 1.165) is 18.4 Å². The Kier molecular flexibility index (Phi) is 12.9. The van der Waals surface area contributed by atoms with Crippen LogP contribution in [0.15, 0.2) is 48.5 Å². The van der Waals surface area contributed by atoms with Crippen LogP contribution in [-0.4, -0.2) is 71.3 Å². The average Bonchev–Trinajstić information content (AvgIpc) is 3.48. The zero-order valence-electron chi connectivity index (χ0n) is 25.9. The third kappa shape index (κ3) is 10.5. The molecule has 2 atom stereocenters. The van der Waals surface area contributed by atoms with Crippen LogP contribution < -0.4 is 16.0 Å². The van der Waals surface area contributed by atoms with Gasteiger partial charge in [-0.3, -0.25) is 24.0 Å². The molecular formula is C34H42Cl2N4O6. The van der Waals surface area contributed by atoms with Crippen LogP contribution in [0.2, 0.25) is 10.0 Å². The summed E-state index contributed by atoms with van der Waals surface area (Å²) in [6.45, 7) is 1.48. The molecule has 2 aromatic carbocycles. The van der Waals surface area contributed by atoms with E-state index in [1.54, 1.807) is 4.90 Å². The molecule has 1 saturated carbocycles. The van der Waals surface area contributed by atoms with E-state index >= 15 is 0 Å². The maximum absolute atomic E-state index is 13.8. The molecule has 1 spiro atoms. The maximum Gasteiger partial charge on any atom is 0.303 e. The molecule has 1 saturated heterocycles. The van der Waals surface area contributed by atoms with Crippen LogP contribution in [0.25, 0.3) is 0 Å². The van der Waals surface area contributed by atoms with Crippen molar-refractivity contribution in [1.82, 2.24) is 20.9 Å². The Hall–Kier alpha value is -3.63. The quantitative estimate of drug-likeness (QED) is 0.228. The molecule has 2 fully saturated rings. The topological polar surface area (TPSA) is 145 Å². The largest absolute Gasteiger partial charge is 0.481 e. The monoisotopic (exact) mass is 672 g/mol. The lowest BCUT2D eigenvalue weighted by Gasteiger charge is -2.40. The minimum absolute atomic E-state index is 0.0202. The van der Waals surface area contributed by atoms with E-state index < -0.39 is 35.8 Å². The number of hydrogen-bond acceptors (Lipinski definition) is 5. The number of carboxylic acid groups (broad SMARTS) is 1. The van der Waals surface area contributed by atoms with Gasteiger partial charge in [-0.05, 0) is 74.1 Å². The highest BCUT2D eigenvalue weighted by Gasteiger charge is 2.39. The molecule has 2 aromatic rings. The Morgan fingerprint density at radius 3 is 2.09 bits per heavy atom. The molecule has 4 rings (SSSR count). The Morgan fingerprint density at radius 2 is 1.46 bits per heavy atom. The number of aliphatic carboxylic acids is 1. The van der Waals surface area contributed by atoms with Gasteiger partial charge in [0.25, 0.3) is 5.91 Å². The van der Waals surface area contributed by atoms with Crippen LogP contribution in [0.1, 0.15) is 80.1 Å². The van der Waals surface area contributed by atoms with E-state index in [4.69, 9.17) is 23.2 Å². The molecule has 10 nitrogen and oxygen atoms in total. The highest BCUT2D eigenvalue weighted by atomic mass is 35.5. The highest BCUT2D eigenvalue weighted by Crippen LogP contribution is 2.46. The van der Waals surface area contributed by atoms with Crippen LogP contribution in [0, 0.1) is 5.41 Å². The Balaban J connectivity index is 1.39. The van der Waals surface area contributed by atoms with Crippen molar-refractivity contribution in [1.29, 1.82) is 0 Å². The standard InChI is InChI=1S/C34H42Cl2N4O6/c35-25-20-24(21-26(36)22-25)31(44)39-28(33(46)40-18-15-34(16-19-40)13-4-5-14-34)8-10-29(41)38-27(9-11-30(42)43)32(45)37-17-12-23-6-2-1-3-7-23/h1-3,6-7,20-22,27-28H,4-5,8-19H2,(H,37,45)(H,38,41)(H,39,44)(H,42,43)/t27-,28-/m1/s1. The molecule has 1 aliphatic heterocycles. The summed E-state index contributed by atoms with van der Waals surface area (Å²) >= 11 is 12.2. The van der Waals surface area contributed by atoms with Gasteiger partial charge in [0.1, 0.15) is 12.1 Å². The third-order valence-electron chi connectivity index (χ3n) is 9.04. The lowest BCUT2D eigenvalue weighted by atomic mass is 9.77. The molecule has 0 aromatic heterocycles. The molecule has 2 aliphatic rings. The molecule has 4 amide bonds. The summed E-state index contributed by atoms with van der Waals surface area (Å²) in [5.74, 6) is -2.94. The van der Waals surface area contributed by atoms with Gasteiger partial charge >= 0.3 is 5.97 Å². The van der Waals surface area contributed by atoms with Crippen molar-refractivity contribution in [2.45, 2.75) is 82.7 Å². The van der Waals surface area contributed by atoms with Crippen LogP contribution in [0.5, 0.6) is 0 Å². The lowest BCUT2D eigenvalue weighted by Crippen LogP contribution is -2.52. The molecule has 0 unspecified atom stereocenters. The normalized spacial score (nSPS) is 16.8. The molecule has 4 N–H and O–H groups in total. The van der Waals surface area contributed by atoms with Crippen molar-refractivity contribution in [3.63, 3.8) is 0 Å². The minimum Gasteiger partial charge on any atom is -0.481 e. The second-order valence-electron chi connectivity index (χ2n) is 12.3. The first-order chi connectivity index (χ1) is 22.0. The second-order valence-corrected chi connectivity index (χ2v) is 13.2. The number of likely N-dealkylation sites (tertiary alicyclic amines) is 1. The number of hydrogen-bond donors (Lipinski definition) is 4. The van der Waals surface area contributed by atoms with E-state index in [0.29, 0.717) is 31.5 Å². The fourth-order valence-corrected chi connectivity index (χ4v) is 6.93. The van der Waals surface area contributed by atoms with Crippen LogP contribution in [0.4, 0.5) is 0 Å². The van der Waals surface area contributed by atoms with Gasteiger partial charge < -0.3 is 26.0 Å². The number of amides is 4. The zero-order chi connectivity index (χ0) is 33.1. The minimum atomic E-state index is -1.09. The van der Waals surface area contributed by atoms with Crippen molar-refractivity contribution < 1.29 is 29.1 Å². The third-order valence-corrected chi connectivity index (χ3v) is 9.48. The van der Waals surface area contributed by atoms with Crippen LogP contribution in [0.3, 0.4) is 0 Å². The first-order valence-electron chi connectivity index (χ1n) is 15.9. The summed E-state index contributed by atoms with van der Waals surface area (Å²) in [5, 5.41) is 17.9. The molecule has 248 valence electrons. The number of rotatable bonds is 14. The average molecular weight is 674 g/mol. The molecule has 0 bridgehead atoms. The van der Waals surface area contributed by atoms with Gasteiger partial charge in [0, 0.05) is 48.1 Å². The SMILES string of the molecule is O=C(O)CC[C@@H](NC(=O)CC[C@@H](NC(=O)c1cc(Cl)cc(Cl)c1)C(=O)N1CCC2(CCCC2)CC1)C(=O)NCCc1ccccc1. The molecule has 1 heterocycles. The Labute approximate surface area is 279 Å². The number of carbonyl (C=O) groups excluding carboxylic acids is 4. The number of benzene rings is 2. The summed E-state index contributed by atoms with van der Waals surface area (Å²) in [7, 11) is 0. The molecule has 12 heteroatoms. The highest BCUT2D eigenvalue weighted by molar-refractivity contribution is 6.35. The number of halogens is 2. The van der Waals surface area contributed by atoms with E-state index in [1.807, 2.05) is 30.3 Å². The van der Waals surface area contributed by atoms with Crippen molar-refractivity contribution in [2.75, 3.05) is 19.6 Å². The second kappa shape index (κ2) is 16.8. The first-order valence-corrected chi connectivity index (χ1v) is 16.7. The number of carbonyl (C=O) groups is 5. The predicted octanol–water partition coefficient (Wildman–Crippen LogP) is 4.76. The van der Waals surface area contributed by atoms with Crippen molar-refractivity contribution >= 4 is 52.8 Å². The van der Waals surface area contributed by atoms with Gasteiger partial charge in [0.05, 0.1) is 0 Å². The summed E-state index contributed by atoms with van der Waals surface area (Å²) < 4.78 is 0. The number of nitrogens with one attached hydrogen (secondary N) is 3. The summed E-state index contributed by atoms with van der Waals surface area (Å²) in [6.07, 6.45) is 6.56. The first kappa shape index (κ1) is 35.2. The molecule has 0 radical (unpaired) electrons. The summed E-state index contributed by atoms with van der Waals surface area (Å²) in [4.78, 5) is 66.0. The number of piperidine rings is 1. The van der Waals surface area contributed by atoms with Crippen LogP contribution in [-0.2, 0) is 25.6 Å². The summed E-state index contributed by atoms with van der Waals surface area (Å²) in [5.41, 5.74) is 1.50.